The molecule has 1 aliphatic rings. The van der Waals surface area contributed by atoms with Gasteiger partial charge in [0.25, 0.3) is 0 Å². The zero-order chi connectivity index (χ0) is 9.26. The number of nitrogens with two attached hydrogens (primary N) is 1. The average molecular weight is 179 g/mol. The zero-order valence-corrected chi connectivity index (χ0v) is 6.95. The van der Waals surface area contributed by atoms with Crippen LogP contribution in [0.5, 0.6) is 5.75 Å². The van der Waals surface area contributed by atoms with Crippen LogP contribution in [0.4, 0.5) is 0 Å². The van der Waals surface area contributed by atoms with Crippen molar-refractivity contribution in [2.24, 2.45) is 5.73 Å². The molecule has 0 saturated carbocycles. The normalized spacial score (nSPS) is 14.5. The summed E-state index contributed by atoms with van der Waals surface area (Å²) in [6, 6.07) is 5.07. The molecule has 0 saturated heterocycles. The van der Waals surface area contributed by atoms with E-state index in [1.54, 1.807) is 18.2 Å². The van der Waals surface area contributed by atoms with Crippen LogP contribution in [0.3, 0.4) is 0 Å². The lowest BCUT2D eigenvalue weighted by Gasteiger charge is -2.17. The molecule has 0 fully saturated rings. The fourth-order valence-electron chi connectivity index (χ4n) is 1.24. The summed E-state index contributed by atoms with van der Waals surface area (Å²) in [6.07, 6.45) is 0. The quantitative estimate of drug-likeness (QED) is 0.688. The highest BCUT2D eigenvalue weighted by Gasteiger charge is 2.12. The van der Waals surface area contributed by atoms with Crippen LogP contribution < -0.4 is 10.5 Å². The number of fused-ring (bicyclic) bond motifs is 1. The van der Waals surface area contributed by atoms with Gasteiger partial charge >= 0.3 is 0 Å². The van der Waals surface area contributed by atoms with E-state index in [2.05, 4.69) is 0 Å². The molecule has 0 unspecified atom stereocenters. The van der Waals surface area contributed by atoms with Gasteiger partial charge in [-0.3, -0.25) is 4.79 Å². The predicted octanol–water partition coefficient (Wildman–Crippen LogP) is 0.652. The summed E-state index contributed by atoms with van der Waals surface area (Å²) in [4.78, 5) is 10.8. The summed E-state index contributed by atoms with van der Waals surface area (Å²) in [5.74, 6) is 0.324. The Morgan fingerprint density at radius 1 is 1.46 bits per heavy atom. The Labute approximate surface area is 75.2 Å². The van der Waals surface area contributed by atoms with Gasteiger partial charge in [0.05, 0.1) is 6.61 Å². The van der Waals surface area contributed by atoms with Crippen LogP contribution in [-0.2, 0) is 11.3 Å². The summed E-state index contributed by atoms with van der Waals surface area (Å²) in [5, 5.41) is 0. The van der Waals surface area contributed by atoms with E-state index in [0.29, 0.717) is 12.2 Å². The maximum absolute atomic E-state index is 10.8. The average Bonchev–Trinajstić information content (AvgIpc) is 2.17. The third-order valence-electron chi connectivity index (χ3n) is 1.90. The smallest absolute Gasteiger partial charge is 0.248 e. The monoisotopic (exact) mass is 179 g/mol. The molecule has 1 heterocycles. The molecule has 0 radical (unpaired) electrons. The molecule has 0 spiro atoms. The van der Waals surface area contributed by atoms with E-state index in [-0.39, 0.29) is 6.79 Å². The first-order chi connectivity index (χ1) is 6.27. The Morgan fingerprint density at radius 2 is 2.31 bits per heavy atom. The zero-order valence-electron chi connectivity index (χ0n) is 6.95. The molecule has 0 aliphatic carbocycles. The van der Waals surface area contributed by atoms with Crippen molar-refractivity contribution in [3.8, 4) is 5.75 Å². The van der Waals surface area contributed by atoms with Crippen molar-refractivity contribution < 1.29 is 14.3 Å². The first kappa shape index (κ1) is 8.07. The van der Waals surface area contributed by atoms with Crippen LogP contribution in [0.2, 0.25) is 0 Å². The molecule has 13 heavy (non-hydrogen) atoms. The van der Waals surface area contributed by atoms with Crippen LogP contribution >= 0.6 is 0 Å². The van der Waals surface area contributed by atoms with Crippen molar-refractivity contribution in [1.82, 2.24) is 0 Å². The minimum Gasteiger partial charge on any atom is -0.467 e. The van der Waals surface area contributed by atoms with Crippen molar-refractivity contribution in [1.29, 1.82) is 0 Å². The number of hydrogen-bond acceptors (Lipinski definition) is 3. The molecule has 0 aromatic heterocycles. The summed E-state index contributed by atoms with van der Waals surface area (Å²) < 4.78 is 10.2. The second kappa shape index (κ2) is 3.06. The maximum Gasteiger partial charge on any atom is 0.248 e. The van der Waals surface area contributed by atoms with E-state index < -0.39 is 5.91 Å². The van der Waals surface area contributed by atoms with Gasteiger partial charge in [0.1, 0.15) is 5.75 Å². The summed E-state index contributed by atoms with van der Waals surface area (Å²) in [5.41, 5.74) is 6.47. The lowest BCUT2D eigenvalue weighted by atomic mass is 10.1. The van der Waals surface area contributed by atoms with E-state index in [4.69, 9.17) is 15.2 Å². The molecule has 2 N–H and O–H groups in total. The van der Waals surface area contributed by atoms with Crippen LogP contribution in [0.15, 0.2) is 18.2 Å². The second-order valence-corrected chi connectivity index (χ2v) is 2.80. The van der Waals surface area contributed by atoms with Gasteiger partial charge in [-0.25, -0.2) is 0 Å². The van der Waals surface area contributed by atoms with E-state index in [1.807, 2.05) is 0 Å². The number of carbonyl (C=O) groups excluding carboxylic acids is 1. The first-order valence-electron chi connectivity index (χ1n) is 3.90. The highest BCUT2D eigenvalue weighted by molar-refractivity contribution is 5.93. The van der Waals surface area contributed by atoms with Gasteiger partial charge < -0.3 is 15.2 Å². The molecule has 4 nitrogen and oxygen atoms in total. The van der Waals surface area contributed by atoms with Crippen LogP contribution in [0.25, 0.3) is 0 Å². The van der Waals surface area contributed by atoms with Crippen molar-refractivity contribution in [2.75, 3.05) is 6.79 Å². The van der Waals surface area contributed by atoms with Crippen molar-refractivity contribution >= 4 is 5.91 Å². The molecule has 1 aliphatic heterocycles. The van der Waals surface area contributed by atoms with Gasteiger partial charge in [-0.2, -0.15) is 0 Å². The van der Waals surface area contributed by atoms with Crippen molar-refractivity contribution in [2.45, 2.75) is 6.61 Å². The fraction of sp³-hybridized carbons (Fsp3) is 0.222. The standard InChI is InChI=1S/C9H9NO3/c10-9(11)6-1-2-8-7(3-6)4-12-5-13-8/h1-3H,4-5H2,(H2,10,11). The molecule has 68 valence electrons. The number of carbonyl (C=O) groups is 1. The highest BCUT2D eigenvalue weighted by atomic mass is 16.7. The van der Waals surface area contributed by atoms with Crippen molar-refractivity contribution in [3.63, 3.8) is 0 Å². The number of hydrogen-bond donors (Lipinski definition) is 1. The molecule has 1 amide bonds. The number of ether oxygens (including phenoxy) is 2. The third kappa shape index (κ3) is 1.48. The molecule has 4 heteroatoms. The summed E-state index contributed by atoms with van der Waals surface area (Å²) in [6.45, 7) is 0.735. The number of primary amides is 1. The minimum absolute atomic E-state index is 0.267. The van der Waals surface area contributed by atoms with Gasteiger partial charge in [0.15, 0.2) is 6.79 Å². The van der Waals surface area contributed by atoms with Gasteiger partial charge in [-0.1, -0.05) is 0 Å². The topological polar surface area (TPSA) is 61.6 Å². The van der Waals surface area contributed by atoms with Gasteiger partial charge in [-0.05, 0) is 18.2 Å². The fourth-order valence-corrected chi connectivity index (χ4v) is 1.24. The molecule has 1 aromatic carbocycles. The molecular formula is C9H9NO3. The Bertz CT molecular complexity index is 349. The number of amides is 1. The molecule has 0 bridgehead atoms. The Balaban J connectivity index is 2.40. The number of rotatable bonds is 1. The largest absolute Gasteiger partial charge is 0.467 e. The molecule has 1 aromatic rings. The van der Waals surface area contributed by atoms with Gasteiger partial charge in [-0.15, -0.1) is 0 Å². The van der Waals surface area contributed by atoms with E-state index in [0.717, 1.165) is 11.3 Å². The van der Waals surface area contributed by atoms with Crippen LogP contribution in [0, 0.1) is 0 Å². The highest BCUT2D eigenvalue weighted by Crippen LogP contribution is 2.24. The first-order valence-corrected chi connectivity index (χ1v) is 3.90. The second-order valence-electron chi connectivity index (χ2n) is 2.80. The predicted molar refractivity (Wildman–Crippen MR) is 45.2 cm³/mol. The van der Waals surface area contributed by atoms with Crippen LogP contribution in [-0.4, -0.2) is 12.7 Å². The van der Waals surface area contributed by atoms with Crippen molar-refractivity contribution in [3.05, 3.63) is 29.3 Å². The van der Waals surface area contributed by atoms with E-state index in [1.165, 1.54) is 0 Å². The molecule has 0 atom stereocenters. The SMILES string of the molecule is NC(=O)c1ccc2c(c1)COCO2. The molecular weight excluding hydrogens is 170 g/mol. The molecule has 2 rings (SSSR count). The van der Waals surface area contributed by atoms with E-state index >= 15 is 0 Å². The Hall–Kier alpha value is -1.55. The third-order valence-corrected chi connectivity index (χ3v) is 1.90. The van der Waals surface area contributed by atoms with Gasteiger partial charge in [0, 0.05) is 11.1 Å². The minimum atomic E-state index is -0.437. The Morgan fingerprint density at radius 3 is 3.08 bits per heavy atom. The Kier molecular flexibility index (Phi) is 1.90. The lowest BCUT2D eigenvalue weighted by molar-refractivity contribution is -0.0163. The lowest BCUT2D eigenvalue weighted by Crippen LogP contribution is -2.15. The summed E-state index contributed by atoms with van der Waals surface area (Å²) >= 11 is 0. The maximum atomic E-state index is 10.8. The number of benzene rings is 1. The van der Waals surface area contributed by atoms with E-state index in [9.17, 15) is 4.79 Å². The van der Waals surface area contributed by atoms with Crippen LogP contribution in [0.1, 0.15) is 15.9 Å². The van der Waals surface area contributed by atoms with Gasteiger partial charge in [0.2, 0.25) is 5.91 Å². The summed E-state index contributed by atoms with van der Waals surface area (Å²) in [7, 11) is 0.